The summed E-state index contributed by atoms with van der Waals surface area (Å²) in [6.45, 7) is 2.93. The predicted octanol–water partition coefficient (Wildman–Crippen LogP) is 3.31. The van der Waals surface area contributed by atoms with Crippen molar-refractivity contribution in [3.8, 4) is 5.75 Å². The van der Waals surface area contributed by atoms with Crippen LogP contribution in [0.1, 0.15) is 19.8 Å². The second-order valence-corrected chi connectivity index (χ2v) is 4.02. The van der Waals surface area contributed by atoms with Gasteiger partial charge in [-0.25, -0.2) is 0 Å². The van der Waals surface area contributed by atoms with Crippen LogP contribution in [-0.2, 0) is 0 Å². The van der Waals surface area contributed by atoms with Gasteiger partial charge in [0.05, 0.1) is 11.7 Å². The van der Waals surface area contributed by atoms with Gasteiger partial charge in [0, 0.05) is 5.02 Å². The highest BCUT2D eigenvalue weighted by Crippen LogP contribution is 2.32. The highest BCUT2D eigenvalue weighted by atomic mass is 35.5. The average molecular weight is 212 g/mol. The van der Waals surface area contributed by atoms with E-state index in [2.05, 4.69) is 12.2 Å². The Kier molecular flexibility index (Phi) is 2.82. The Hall–Kier alpha value is -0.890. The van der Waals surface area contributed by atoms with E-state index in [0.29, 0.717) is 6.04 Å². The van der Waals surface area contributed by atoms with E-state index in [1.165, 1.54) is 0 Å². The number of nitrogens with one attached hydrogen (secondary N) is 1. The molecule has 0 amide bonds. The zero-order chi connectivity index (χ0) is 9.97. The lowest BCUT2D eigenvalue weighted by atomic mass is 10.1. The summed E-state index contributed by atoms with van der Waals surface area (Å²) in [5.41, 5.74) is 1.02. The molecule has 2 rings (SSSR count). The van der Waals surface area contributed by atoms with Gasteiger partial charge in [0.15, 0.2) is 0 Å². The fourth-order valence-corrected chi connectivity index (χ4v) is 1.87. The van der Waals surface area contributed by atoms with Crippen LogP contribution < -0.4 is 10.1 Å². The minimum absolute atomic E-state index is 0.422. The lowest BCUT2D eigenvalue weighted by molar-refractivity contribution is 0.278. The number of hydrogen-bond acceptors (Lipinski definition) is 2. The summed E-state index contributed by atoms with van der Waals surface area (Å²) in [6, 6.07) is 6.10. The molecule has 1 unspecified atom stereocenters. The fourth-order valence-electron chi connectivity index (χ4n) is 1.70. The molecule has 0 radical (unpaired) electrons. The molecular weight excluding hydrogens is 198 g/mol. The van der Waals surface area contributed by atoms with E-state index in [0.717, 1.165) is 35.9 Å². The van der Waals surface area contributed by atoms with Crippen LogP contribution in [0.2, 0.25) is 5.02 Å². The van der Waals surface area contributed by atoms with Crippen LogP contribution in [-0.4, -0.2) is 12.6 Å². The number of anilines is 1. The Balaban J connectivity index is 2.16. The Bertz CT molecular complexity index is 327. The molecule has 1 aromatic rings. The highest BCUT2D eigenvalue weighted by Gasteiger charge is 2.17. The quantitative estimate of drug-likeness (QED) is 0.811. The summed E-state index contributed by atoms with van der Waals surface area (Å²) in [7, 11) is 0. The summed E-state index contributed by atoms with van der Waals surface area (Å²) < 4.78 is 5.62. The van der Waals surface area contributed by atoms with Gasteiger partial charge in [-0.15, -0.1) is 0 Å². The third-order valence-corrected chi connectivity index (χ3v) is 2.61. The summed E-state index contributed by atoms with van der Waals surface area (Å²) >= 11 is 5.91. The minimum Gasteiger partial charge on any atom is -0.489 e. The van der Waals surface area contributed by atoms with Gasteiger partial charge in [0.25, 0.3) is 0 Å². The highest BCUT2D eigenvalue weighted by molar-refractivity contribution is 6.30. The molecule has 1 N–H and O–H groups in total. The molecule has 1 aromatic carbocycles. The van der Waals surface area contributed by atoms with E-state index < -0.39 is 0 Å². The normalized spacial score (nSPS) is 19.4. The maximum atomic E-state index is 5.91. The van der Waals surface area contributed by atoms with E-state index >= 15 is 0 Å². The van der Waals surface area contributed by atoms with Gasteiger partial charge >= 0.3 is 0 Å². The van der Waals surface area contributed by atoms with Crippen molar-refractivity contribution in [2.24, 2.45) is 0 Å². The lowest BCUT2D eigenvalue weighted by Crippen LogP contribution is -2.31. The predicted molar refractivity (Wildman–Crippen MR) is 59.3 cm³/mol. The maximum Gasteiger partial charge on any atom is 0.142 e. The third kappa shape index (κ3) is 1.95. The van der Waals surface area contributed by atoms with E-state index in [9.17, 15) is 0 Å². The molecule has 1 atom stereocenters. The molecule has 0 saturated heterocycles. The zero-order valence-electron chi connectivity index (χ0n) is 8.22. The molecule has 0 aliphatic carbocycles. The Morgan fingerprint density at radius 3 is 3.21 bits per heavy atom. The standard InChI is InChI=1S/C11H14ClNO/c1-2-3-9-7-14-11-5-4-8(12)6-10(11)13-9/h4-6,9,13H,2-3,7H2,1H3. The SMILES string of the molecule is CCCC1COc2ccc(Cl)cc2N1. The van der Waals surface area contributed by atoms with Gasteiger partial charge < -0.3 is 10.1 Å². The lowest BCUT2D eigenvalue weighted by Gasteiger charge is -2.27. The van der Waals surface area contributed by atoms with Crippen LogP contribution in [0.25, 0.3) is 0 Å². The van der Waals surface area contributed by atoms with Crippen LogP contribution in [0.3, 0.4) is 0 Å². The number of halogens is 1. The number of fused-ring (bicyclic) bond motifs is 1. The third-order valence-electron chi connectivity index (χ3n) is 2.38. The van der Waals surface area contributed by atoms with Gasteiger partial charge in [-0.05, 0) is 24.6 Å². The Labute approximate surface area is 89.2 Å². The Morgan fingerprint density at radius 2 is 2.43 bits per heavy atom. The zero-order valence-corrected chi connectivity index (χ0v) is 8.97. The number of benzene rings is 1. The van der Waals surface area contributed by atoms with E-state index in [1.807, 2.05) is 18.2 Å². The summed E-state index contributed by atoms with van der Waals surface area (Å²) in [5, 5.41) is 4.18. The molecule has 14 heavy (non-hydrogen) atoms. The van der Waals surface area contributed by atoms with Crippen LogP contribution in [0.15, 0.2) is 18.2 Å². The smallest absolute Gasteiger partial charge is 0.142 e. The maximum absolute atomic E-state index is 5.91. The molecular formula is C11H14ClNO. The molecule has 1 aliphatic rings. The van der Waals surface area contributed by atoms with Crippen molar-refractivity contribution in [2.45, 2.75) is 25.8 Å². The number of rotatable bonds is 2. The van der Waals surface area contributed by atoms with Gasteiger partial charge in [-0.1, -0.05) is 24.9 Å². The molecule has 76 valence electrons. The van der Waals surface area contributed by atoms with Gasteiger partial charge in [-0.3, -0.25) is 0 Å². The molecule has 0 saturated carbocycles. The monoisotopic (exact) mass is 211 g/mol. The van der Waals surface area contributed by atoms with Crippen molar-refractivity contribution in [1.82, 2.24) is 0 Å². The molecule has 3 heteroatoms. The molecule has 0 aromatic heterocycles. The van der Waals surface area contributed by atoms with Crippen molar-refractivity contribution in [3.63, 3.8) is 0 Å². The van der Waals surface area contributed by atoms with Gasteiger partial charge in [0.2, 0.25) is 0 Å². The molecule has 1 aliphatic heterocycles. The van der Waals surface area contributed by atoms with Gasteiger partial charge in [-0.2, -0.15) is 0 Å². The number of hydrogen-bond donors (Lipinski definition) is 1. The van der Waals surface area contributed by atoms with Gasteiger partial charge in [0.1, 0.15) is 12.4 Å². The minimum atomic E-state index is 0.422. The topological polar surface area (TPSA) is 21.3 Å². The number of ether oxygens (including phenoxy) is 1. The van der Waals surface area contributed by atoms with Crippen molar-refractivity contribution in [2.75, 3.05) is 11.9 Å². The summed E-state index contributed by atoms with van der Waals surface area (Å²) in [5.74, 6) is 0.904. The second kappa shape index (κ2) is 4.09. The van der Waals surface area contributed by atoms with Crippen LogP contribution in [0, 0.1) is 0 Å². The fraction of sp³-hybridized carbons (Fsp3) is 0.455. The average Bonchev–Trinajstić information content (AvgIpc) is 2.17. The summed E-state index contributed by atoms with van der Waals surface area (Å²) in [4.78, 5) is 0. The van der Waals surface area contributed by atoms with Crippen molar-refractivity contribution >= 4 is 17.3 Å². The van der Waals surface area contributed by atoms with Crippen molar-refractivity contribution < 1.29 is 4.74 Å². The second-order valence-electron chi connectivity index (χ2n) is 3.58. The first kappa shape index (κ1) is 9.66. The van der Waals surface area contributed by atoms with Crippen LogP contribution in [0.4, 0.5) is 5.69 Å². The molecule has 0 bridgehead atoms. The summed E-state index contributed by atoms with van der Waals surface area (Å²) in [6.07, 6.45) is 2.29. The van der Waals surface area contributed by atoms with Crippen molar-refractivity contribution in [3.05, 3.63) is 23.2 Å². The van der Waals surface area contributed by atoms with Crippen LogP contribution in [0.5, 0.6) is 5.75 Å². The molecule has 0 fully saturated rings. The van der Waals surface area contributed by atoms with Crippen molar-refractivity contribution in [1.29, 1.82) is 0 Å². The molecule has 1 heterocycles. The first-order valence-corrected chi connectivity index (χ1v) is 5.36. The molecule has 2 nitrogen and oxygen atoms in total. The van der Waals surface area contributed by atoms with E-state index in [1.54, 1.807) is 0 Å². The first-order chi connectivity index (χ1) is 6.79. The van der Waals surface area contributed by atoms with E-state index in [-0.39, 0.29) is 0 Å². The first-order valence-electron chi connectivity index (χ1n) is 4.98. The van der Waals surface area contributed by atoms with E-state index in [4.69, 9.17) is 16.3 Å². The largest absolute Gasteiger partial charge is 0.489 e. The van der Waals surface area contributed by atoms with Crippen LogP contribution >= 0.6 is 11.6 Å². The molecule has 0 spiro atoms. The Morgan fingerprint density at radius 1 is 1.57 bits per heavy atom.